The maximum absolute atomic E-state index is 15.0. The molecular weight excluding hydrogens is 419 g/mol. The largest absolute Gasteiger partial charge is 0.361 e. The van der Waals surface area contributed by atoms with E-state index in [0.717, 1.165) is 17.0 Å². The summed E-state index contributed by atoms with van der Waals surface area (Å²) in [5.74, 6) is -3.81. The Kier molecular flexibility index (Phi) is 5.22. The van der Waals surface area contributed by atoms with E-state index in [9.17, 15) is 18.0 Å². The monoisotopic (exact) mass is 443 g/mol. The molecule has 1 N–H and O–H groups in total. The average molecular weight is 443 g/mol. The number of anilines is 1. The second-order valence-corrected chi connectivity index (χ2v) is 8.05. The zero-order valence-corrected chi connectivity index (χ0v) is 18.5. The molecule has 0 aliphatic heterocycles. The van der Waals surface area contributed by atoms with E-state index in [1.807, 2.05) is 19.1 Å². The summed E-state index contributed by atoms with van der Waals surface area (Å²) in [5.41, 5.74) is 1.47. The van der Waals surface area contributed by atoms with E-state index in [1.54, 1.807) is 25.6 Å². The summed E-state index contributed by atoms with van der Waals surface area (Å²) in [7, 11) is 3.38. The number of alkyl halides is 2. The number of nitrogens with one attached hydrogen (secondary N) is 1. The van der Waals surface area contributed by atoms with Gasteiger partial charge in [0.25, 0.3) is 5.92 Å². The third-order valence-electron chi connectivity index (χ3n) is 6.04. The Morgan fingerprint density at radius 1 is 1.09 bits per heavy atom. The molecule has 168 valence electrons. The Balaban J connectivity index is 1.83. The summed E-state index contributed by atoms with van der Waals surface area (Å²) in [6.45, 7) is 4.81. The maximum Gasteiger partial charge on any atom is 0.328 e. The smallest absolute Gasteiger partial charge is 0.328 e. The highest BCUT2D eigenvalue weighted by atomic mass is 19.3. The van der Waals surface area contributed by atoms with Crippen molar-refractivity contribution in [3.05, 3.63) is 63.5 Å². The van der Waals surface area contributed by atoms with Crippen molar-refractivity contribution >= 4 is 27.6 Å². The Morgan fingerprint density at radius 3 is 2.34 bits per heavy atom. The average Bonchev–Trinajstić information content (AvgIpc) is 2.98. The second kappa shape index (κ2) is 7.65. The van der Waals surface area contributed by atoms with Crippen LogP contribution < -0.4 is 11.0 Å². The predicted octanol–water partition coefficient (Wildman–Crippen LogP) is 4.94. The van der Waals surface area contributed by atoms with Gasteiger partial charge in [-0.2, -0.15) is 5.10 Å². The van der Waals surface area contributed by atoms with Gasteiger partial charge in [0.2, 0.25) is 0 Å². The van der Waals surface area contributed by atoms with Gasteiger partial charge in [-0.3, -0.25) is 9.13 Å². The van der Waals surface area contributed by atoms with Gasteiger partial charge < -0.3 is 5.32 Å². The predicted molar refractivity (Wildman–Crippen MR) is 119 cm³/mol. The second-order valence-electron chi connectivity index (χ2n) is 8.05. The van der Waals surface area contributed by atoms with E-state index in [2.05, 4.69) is 15.5 Å². The van der Waals surface area contributed by atoms with Gasteiger partial charge in [-0.25, -0.2) is 18.0 Å². The van der Waals surface area contributed by atoms with E-state index in [-0.39, 0.29) is 11.3 Å². The molecule has 1 atom stereocenters. The minimum atomic E-state index is -3.25. The lowest BCUT2D eigenvalue weighted by molar-refractivity contribution is -0.0119. The van der Waals surface area contributed by atoms with Crippen molar-refractivity contribution in [1.82, 2.24) is 19.3 Å². The van der Waals surface area contributed by atoms with Crippen LogP contribution in [0.4, 0.5) is 19.0 Å². The Hall–Kier alpha value is -3.36. The van der Waals surface area contributed by atoms with Gasteiger partial charge in [-0.15, -0.1) is 5.10 Å². The van der Waals surface area contributed by atoms with Gasteiger partial charge in [-0.05, 0) is 26.0 Å². The van der Waals surface area contributed by atoms with E-state index in [1.165, 1.54) is 23.6 Å². The molecule has 32 heavy (non-hydrogen) atoms. The van der Waals surface area contributed by atoms with E-state index in [0.29, 0.717) is 22.4 Å². The van der Waals surface area contributed by atoms with Crippen molar-refractivity contribution in [3.63, 3.8) is 0 Å². The molecule has 0 saturated heterocycles. The maximum atomic E-state index is 15.0. The fourth-order valence-corrected chi connectivity index (χ4v) is 4.02. The molecule has 2 heterocycles. The van der Waals surface area contributed by atoms with Crippen LogP contribution in [0.1, 0.15) is 43.1 Å². The standard InChI is InChI=1S/C23H24F3N5O/c1-6-23(25,26)17-9-7-8-14(20(17)24)12(2)27-21-16-11-19-18(30(4)22(32)31(19)5)10-15(16)13(3)28-29-21/h7-12H,6H2,1-5H3,(H,27,29). The zero-order valence-electron chi connectivity index (χ0n) is 18.5. The number of benzene rings is 2. The number of halogens is 3. The first-order valence-corrected chi connectivity index (χ1v) is 10.3. The van der Waals surface area contributed by atoms with Crippen molar-refractivity contribution in [3.8, 4) is 0 Å². The number of rotatable bonds is 5. The molecule has 2 aromatic carbocycles. The summed E-state index contributed by atoms with van der Waals surface area (Å²) >= 11 is 0. The van der Waals surface area contributed by atoms with Gasteiger partial charge >= 0.3 is 5.69 Å². The number of aromatic nitrogens is 4. The van der Waals surface area contributed by atoms with Gasteiger partial charge in [0, 0.05) is 36.9 Å². The zero-order chi connectivity index (χ0) is 23.4. The number of nitrogens with zero attached hydrogens (tertiary/aromatic N) is 4. The number of hydrogen-bond acceptors (Lipinski definition) is 4. The molecule has 1 unspecified atom stereocenters. The van der Waals surface area contributed by atoms with Crippen LogP contribution >= 0.6 is 0 Å². The first-order chi connectivity index (χ1) is 15.1. The summed E-state index contributed by atoms with van der Waals surface area (Å²) in [6, 6.07) is 7.07. The fraction of sp³-hybridized carbons (Fsp3) is 0.348. The molecule has 0 aliphatic rings. The molecule has 4 aromatic rings. The van der Waals surface area contributed by atoms with Crippen molar-refractivity contribution in [2.24, 2.45) is 14.1 Å². The topological polar surface area (TPSA) is 64.7 Å². The Morgan fingerprint density at radius 2 is 1.72 bits per heavy atom. The lowest BCUT2D eigenvalue weighted by Crippen LogP contribution is -2.19. The van der Waals surface area contributed by atoms with Crippen LogP contribution in [0.3, 0.4) is 0 Å². The van der Waals surface area contributed by atoms with Crippen LogP contribution in [0.2, 0.25) is 0 Å². The van der Waals surface area contributed by atoms with Crippen LogP contribution in [-0.4, -0.2) is 19.3 Å². The SMILES string of the molecule is CCC(F)(F)c1cccc(C(C)Nc2nnc(C)c3cc4c(cc23)n(C)c(=O)n4C)c1F. The minimum absolute atomic E-state index is 0.110. The number of hydrogen-bond donors (Lipinski definition) is 1. The molecule has 2 aromatic heterocycles. The first-order valence-electron chi connectivity index (χ1n) is 10.3. The number of fused-ring (bicyclic) bond motifs is 2. The molecule has 9 heteroatoms. The normalized spacial score (nSPS) is 13.1. The Bertz CT molecular complexity index is 1410. The lowest BCUT2D eigenvalue weighted by Gasteiger charge is -2.21. The summed E-state index contributed by atoms with van der Waals surface area (Å²) in [6.07, 6.45) is -0.491. The molecule has 4 rings (SSSR count). The van der Waals surface area contributed by atoms with E-state index in [4.69, 9.17) is 0 Å². The van der Waals surface area contributed by atoms with Crippen LogP contribution in [0.25, 0.3) is 21.8 Å². The van der Waals surface area contributed by atoms with Gasteiger partial charge in [0.15, 0.2) is 5.82 Å². The van der Waals surface area contributed by atoms with Crippen molar-refractivity contribution in [1.29, 1.82) is 0 Å². The highest BCUT2D eigenvalue weighted by Gasteiger charge is 2.33. The minimum Gasteiger partial charge on any atom is -0.361 e. The molecule has 0 aliphatic carbocycles. The summed E-state index contributed by atoms with van der Waals surface area (Å²) in [5, 5.41) is 13.0. The van der Waals surface area contributed by atoms with Crippen molar-refractivity contribution in [2.45, 2.75) is 39.2 Å². The van der Waals surface area contributed by atoms with Crippen LogP contribution in [0.5, 0.6) is 0 Å². The van der Waals surface area contributed by atoms with Crippen LogP contribution in [0, 0.1) is 12.7 Å². The van der Waals surface area contributed by atoms with Crippen molar-refractivity contribution in [2.75, 3.05) is 5.32 Å². The molecule has 0 bridgehead atoms. The summed E-state index contributed by atoms with van der Waals surface area (Å²) < 4.78 is 46.4. The molecule has 0 saturated carbocycles. The van der Waals surface area contributed by atoms with Gasteiger partial charge in [0.05, 0.1) is 28.3 Å². The van der Waals surface area contributed by atoms with E-state index >= 15 is 0 Å². The third-order valence-corrected chi connectivity index (χ3v) is 6.04. The molecule has 6 nitrogen and oxygen atoms in total. The summed E-state index contributed by atoms with van der Waals surface area (Å²) in [4.78, 5) is 12.4. The highest BCUT2D eigenvalue weighted by Crippen LogP contribution is 2.36. The highest BCUT2D eigenvalue weighted by molar-refractivity contribution is 6.01. The number of imidazole rings is 1. The van der Waals surface area contributed by atoms with Gasteiger partial charge in [0.1, 0.15) is 5.82 Å². The molecule has 0 radical (unpaired) electrons. The van der Waals surface area contributed by atoms with Crippen LogP contribution in [-0.2, 0) is 20.0 Å². The molecule has 0 spiro atoms. The lowest BCUT2D eigenvalue weighted by atomic mass is 9.98. The van der Waals surface area contributed by atoms with Crippen LogP contribution in [0.15, 0.2) is 35.1 Å². The fourth-order valence-electron chi connectivity index (χ4n) is 4.02. The number of aryl methyl sites for hydroxylation is 3. The Labute approximate surface area is 182 Å². The third kappa shape index (κ3) is 3.32. The molecule has 0 amide bonds. The van der Waals surface area contributed by atoms with Crippen molar-refractivity contribution < 1.29 is 13.2 Å². The quantitative estimate of drug-likeness (QED) is 0.474. The molecule has 0 fully saturated rings. The van der Waals surface area contributed by atoms with Gasteiger partial charge in [-0.1, -0.05) is 25.1 Å². The van der Waals surface area contributed by atoms with E-state index < -0.39 is 29.8 Å². The molecular formula is C23H24F3N5O. The first kappa shape index (κ1) is 21.9.